The maximum absolute atomic E-state index is 13.6. The lowest BCUT2D eigenvalue weighted by Crippen LogP contribution is -2.86. The van der Waals surface area contributed by atoms with Crippen LogP contribution in [0.4, 0.5) is 4.79 Å². The molecule has 0 aromatic rings. The fourth-order valence-corrected chi connectivity index (χ4v) is 6.66. The molecule has 2 aliphatic carbocycles. The molecule has 2 saturated carbocycles. The van der Waals surface area contributed by atoms with Crippen molar-refractivity contribution in [1.82, 2.24) is 5.32 Å². The molecule has 4 N–H and O–H groups in total. The molecule has 0 unspecified atom stereocenters. The van der Waals surface area contributed by atoms with E-state index in [-0.39, 0.29) is 6.42 Å². The number of fused-ring (bicyclic) bond motifs is 3. The van der Waals surface area contributed by atoms with Crippen LogP contribution >= 0.6 is 0 Å². The van der Waals surface area contributed by atoms with Gasteiger partial charge >= 0.3 is 6.09 Å². The van der Waals surface area contributed by atoms with Crippen molar-refractivity contribution in [1.29, 1.82) is 0 Å². The summed E-state index contributed by atoms with van der Waals surface area (Å²) >= 11 is 0. The number of hydrogen-bond acceptors (Lipinski definition) is 7. The lowest BCUT2D eigenvalue weighted by Gasteiger charge is -2.71. The largest absolute Gasteiger partial charge is 0.446 e. The Hall–Kier alpha value is -1.48. The monoisotopic (exact) mass is 425 g/mol. The van der Waals surface area contributed by atoms with Crippen molar-refractivity contribution in [2.75, 3.05) is 7.05 Å². The number of rotatable bonds is 2. The molecular weight excluding hydrogens is 390 g/mol. The standard InChI is InChI=1S/C22H35NO7/c1-8-19(4)11-12(24)22(28)20(5)13(29-17(27)23-7)9-10-18(2,3)15(20)14(25)16(26)21(22,6)30-19/h8,13-16,25-26,28H,1,9-11H2,2-7H3,(H,23,27)/t13-,14-,15-,16-,19-,20-,21+,22-/m0/s1. The molecule has 0 bridgehead atoms. The predicted molar refractivity (Wildman–Crippen MR) is 109 cm³/mol. The number of amides is 1. The van der Waals surface area contributed by atoms with E-state index in [0.717, 1.165) is 0 Å². The molecule has 0 spiro atoms. The van der Waals surface area contributed by atoms with Gasteiger partial charge in [0.25, 0.3) is 0 Å². The normalized spacial score (nSPS) is 50.1. The third-order valence-corrected chi connectivity index (χ3v) is 8.18. The van der Waals surface area contributed by atoms with Crippen molar-refractivity contribution in [2.24, 2.45) is 16.7 Å². The van der Waals surface area contributed by atoms with Crippen LogP contribution in [0, 0.1) is 16.7 Å². The molecule has 0 aromatic heterocycles. The fraction of sp³-hybridized carbons (Fsp3) is 0.818. The molecule has 1 amide bonds. The zero-order valence-electron chi connectivity index (χ0n) is 18.7. The van der Waals surface area contributed by atoms with E-state index in [4.69, 9.17) is 9.47 Å². The van der Waals surface area contributed by atoms with Gasteiger partial charge in [-0.2, -0.15) is 0 Å². The van der Waals surface area contributed by atoms with Gasteiger partial charge in [0.1, 0.15) is 17.8 Å². The van der Waals surface area contributed by atoms with Gasteiger partial charge in [-0.05, 0) is 32.1 Å². The Labute approximate surface area is 177 Å². The van der Waals surface area contributed by atoms with Crippen molar-refractivity contribution in [3.05, 3.63) is 12.7 Å². The third-order valence-electron chi connectivity index (χ3n) is 8.18. The maximum Gasteiger partial charge on any atom is 0.407 e. The number of carbonyl (C=O) groups is 2. The van der Waals surface area contributed by atoms with Gasteiger partial charge in [0.15, 0.2) is 11.4 Å². The van der Waals surface area contributed by atoms with Gasteiger partial charge in [-0.3, -0.25) is 4.79 Å². The minimum absolute atomic E-state index is 0.152. The first kappa shape index (κ1) is 23.2. The molecule has 3 rings (SSSR count). The van der Waals surface area contributed by atoms with E-state index in [1.807, 2.05) is 13.8 Å². The minimum atomic E-state index is -2.21. The Kier molecular flexibility index (Phi) is 5.22. The van der Waals surface area contributed by atoms with E-state index in [1.165, 1.54) is 20.0 Å². The van der Waals surface area contributed by atoms with Crippen LogP contribution < -0.4 is 5.32 Å². The van der Waals surface area contributed by atoms with Gasteiger partial charge in [0.2, 0.25) is 0 Å². The number of aliphatic hydroxyl groups excluding tert-OH is 2. The number of carbonyl (C=O) groups excluding carboxylic acids is 2. The molecule has 1 heterocycles. The molecule has 3 aliphatic rings. The van der Waals surface area contributed by atoms with Crippen molar-refractivity contribution in [3.8, 4) is 0 Å². The summed E-state index contributed by atoms with van der Waals surface area (Å²) in [7, 11) is 1.43. The molecule has 3 fully saturated rings. The van der Waals surface area contributed by atoms with Gasteiger partial charge in [-0.1, -0.05) is 26.8 Å². The van der Waals surface area contributed by atoms with Crippen LogP contribution in [-0.4, -0.2) is 69.4 Å². The first-order valence-electron chi connectivity index (χ1n) is 10.5. The zero-order chi connectivity index (χ0) is 22.9. The van der Waals surface area contributed by atoms with Crippen molar-refractivity contribution >= 4 is 11.9 Å². The quantitative estimate of drug-likeness (QED) is 0.492. The van der Waals surface area contributed by atoms with Crippen LogP contribution in [0.2, 0.25) is 0 Å². The summed E-state index contributed by atoms with van der Waals surface area (Å²) in [6.07, 6.45) is -2.14. The summed E-state index contributed by atoms with van der Waals surface area (Å²) in [6.45, 7) is 12.3. The highest BCUT2D eigenvalue weighted by molar-refractivity contribution is 5.92. The lowest BCUT2D eigenvalue weighted by atomic mass is 9.40. The van der Waals surface area contributed by atoms with Crippen LogP contribution in [0.25, 0.3) is 0 Å². The van der Waals surface area contributed by atoms with Crippen LogP contribution in [0.5, 0.6) is 0 Å². The Morgan fingerprint density at radius 1 is 1.27 bits per heavy atom. The number of ether oxygens (including phenoxy) is 2. The number of nitrogens with one attached hydrogen (secondary N) is 1. The van der Waals surface area contributed by atoms with Gasteiger partial charge in [-0.15, -0.1) is 6.58 Å². The van der Waals surface area contributed by atoms with Gasteiger partial charge < -0.3 is 30.1 Å². The second-order valence-corrected chi connectivity index (χ2v) is 10.4. The molecule has 1 saturated heterocycles. The van der Waals surface area contributed by atoms with Crippen LogP contribution in [0.1, 0.15) is 53.9 Å². The van der Waals surface area contributed by atoms with Gasteiger partial charge in [-0.25, -0.2) is 4.79 Å². The van der Waals surface area contributed by atoms with E-state index in [9.17, 15) is 24.9 Å². The Bertz CT molecular complexity index is 769. The SMILES string of the molecule is C=C[C@@]1(C)CC(=O)[C@]2(O)[C@@]3(C)[C@@H](OC(=O)NC)CCC(C)(C)[C@@H]3[C@H](O)[C@H](O)[C@@]2(C)O1. The second kappa shape index (κ2) is 6.76. The first-order chi connectivity index (χ1) is 13.6. The molecule has 0 radical (unpaired) electrons. The molecule has 0 aromatic carbocycles. The van der Waals surface area contributed by atoms with Crippen molar-refractivity contribution in [2.45, 2.75) is 89.0 Å². The first-order valence-corrected chi connectivity index (χ1v) is 10.5. The smallest absolute Gasteiger partial charge is 0.407 e. The summed E-state index contributed by atoms with van der Waals surface area (Å²) in [5.41, 5.74) is -7.12. The molecule has 8 heteroatoms. The van der Waals surface area contributed by atoms with Crippen LogP contribution in [-0.2, 0) is 14.3 Å². The molecule has 8 nitrogen and oxygen atoms in total. The number of alkyl carbamates (subject to hydrolysis) is 1. The van der Waals surface area contributed by atoms with Crippen molar-refractivity contribution in [3.63, 3.8) is 0 Å². The summed E-state index contributed by atoms with van der Waals surface area (Å²) in [5.74, 6) is -1.26. The van der Waals surface area contributed by atoms with E-state index in [1.54, 1.807) is 13.8 Å². The number of ketones is 1. The molecule has 170 valence electrons. The fourth-order valence-electron chi connectivity index (χ4n) is 6.66. The average Bonchev–Trinajstić information content (AvgIpc) is 2.66. The summed E-state index contributed by atoms with van der Waals surface area (Å²) in [5, 5.41) is 37.1. The van der Waals surface area contributed by atoms with E-state index in [0.29, 0.717) is 12.8 Å². The zero-order valence-corrected chi connectivity index (χ0v) is 18.7. The molecule has 30 heavy (non-hydrogen) atoms. The highest BCUT2D eigenvalue weighted by Crippen LogP contribution is 2.67. The van der Waals surface area contributed by atoms with Gasteiger partial charge in [0.05, 0.1) is 11.7 Å². The Morgan fingerprint density at radius 3 is 2.40 bits per heavy atom. The van der Waals surface area contributed by atoms with E-state index < -0.39 is 63.7 Å². The molecule has 1 aliphatic heterocycles. The molecule has 8 atom stereocenters. The van der Waals surface area contributed by atoms with E-state index in [2.05, 4.69) is 11.9 Å². The topological polar surface area (TPSA) is 125 Å². The van der Waals surface area contributed by atoms with Crippen LogP contribution in [0.15, 0.2) is 12.7 Å². The summed E-state index contributed by atoms with van der Waals surface area (Å²) < 4.78 is 11.8. The third kappa shape index (κ3) is 2.66. The highest BCUT2D eigenvalue weighted by atomic mass is 16.6. The number of aliphatic hydroxyl groups is 3. The minimum Gasteiger partial charge on any atom is -0.446 e. The molecular formula is C22H35NO7. The predicted octanol–water partition coefficient (Wildman–Crippen LogP) is 1.31. The summed E-state index contributed by atoms with van der Waals surface area (Å²) in [4.78, 5) is 25.8. The Balaban J connectivity index is 2.28. The summed E-state index contributed by atoms with van der Waals surface area (Å²) in [6, 6.07) is 0. The van der Waals surface area contributed by atoms with Gasteiger partial charge in [0, 0.05) is 24.8 Å². The van der Waals surface area contributed by atoms with Crippen molar-refractivity contribution < 1.29 is 34.4 Å². The van der Waals surface area contributed by atoms with E-state index >= 15 is 0 Å². The highest BCUT2D eigenvalue weighted by Gasteiger charge is 2.81. The Morgan fingerprint density at radius 2 is 1.87 bits per heavy atom. The second-order valence-electron chi connectivity index (χ2n) is 10.4. The number of Topliss-reactive ketones (excluding diaryl/α,β-unsaturated/α-hetero) is 1. The average molecular weight is 426 g/mol. The maximum atomic E-state index is 13.6. The number of hydrogen-bond donors (Lipinski definition) is 4. The van der Waals surface area contributed by atoms with Crippen LogP contribution in [0.3, 0.4) is 0 Å². The lowest BCUT2D eigenvalue weighted by molar-refractivity contribution is -0.369.